The van der Waals surface area contributed by atoms with Crippen LogP contribution in [0.15, 0.2) is 48.5 Å². The van der Waals surface area contributed by atoms with Gasteiger partial charge >= 0.3 is 0 Å². The van der Waals surface area contributed by atoms with Crippen LogP contribution < -0.4 is 10.1 Å². The first-order valence-electron chi connectivity index (χ1n) is 9.24. The highest BCUT2D eigenvalue weighted by Gasteiger charge is 2.18. The van der Waals surface area contributed by atoms with Crippen molar-refractivity contribution < 1.29 is 13.5 Å². The lowest BCUT2D eigenvalue weighted by Gasteiger charge is -2.17. The third-order valence-electron chi connectivity index (χ3n) is 4.83. The summed E-state index contributed by atoms with van der Waals surface area (Å²) in [7, 11) is 0. The van der Waals surface area contributed by atoms with Gasteiger partial charge in [0.15, 0.2) is 5.82 Å². The van der Waals surface area contributed by atoms with Gasteiger partial charge in [-0.05, 0) is 43.9 Å². The van der Waals surface area contributed by atoms with Gasteiger partial charge in [-0.25, -0.2) is 18.7 Å². The predicted molar refractivity (Wildman–Crippen MR) is 101 cm³/mol. The average Bonchev–Trinajstić information content (AvgIpc) is 3.20. The van der Waals surface area contributed by atoms with Crippen molar-refractivity contribution in [2.75, 3.05) is 5.32 Å². The van der Waals surface area contributed by atoms with Gasteiger partial charge in [0.1, 0.15) is 11.6 Å². The Bertz CT molecular complexity index is 926. The van der Waals surface area contributed by atoms with Gasteiger partial charge in [0, 0.05) is 17.5 Å². The number of hydrogen-bond donors (Lipinski definition) is 1. The number of alkyl halides is 2. The van der Waals surface area contributed by atoms with Crippen LogP contribution in [-0.4, -0.2) is 16.1 Å². The molecule has 0 spiro atoms. The van der Waals surface area contributed by atoms with Crippen molar-refractivity contribution in [1.82, 2.24) is 9.97 Å². The maximum Gasteiger partial charge on any atom is 0.297 e. The number of nitrogens with zero attached hydrogens (tertiary/aromatic N) is 2. The van der Waals surface area contributed by atoms with Crippen molar-refractivity contribution in [3.05, 3.63) is 59.9 Å². The lowest BCUT2D eigenvalue weighted by molar-refractivity contribution is 0.141. The minimum atomic E-state index is -2.71. The Balaban J connectivity index is 1.58. The van der Waals surface area contributed by atoms with E-state index in [2.05, 4.69) is 15.3 Å². The van der Waals surface area contributed by atoms with E-state index in [1.165, 1.54) is 12.8 Å². The van der Waals surface area contributed by atoms with Crippen molar-refractivity contribution in [3.63, 3.8) is 0 Å². The summed E-state index contributed by atoms with van der Waals surface area (Å²) in [5.74, 6) is 0.780. The van der Waals surface area contributed by atoms with E-state index in [0.717, 1.165) is 29.5 Å². The van der Waals surface area contributed by atoms with Crippen LogP contribution in [0.2, 0.25) is 0 Å². The molecule has 0 bridgehead atoms. The summed E-state index contributed by atoms with van der Waals surface area (Å²) in [6, 6.07) is 15.0. The number of anilines is 1. The van der Waals surface area contributed by atoms with E-state index < -0.39 is 12.2 Å². The highest BCUT2D eigenvalue weighted by atomic mass is 19.3. The van der Waals surface area contributed by atoms with Crippen molar-refractivity contribution in [3.8, 4) is 5.75 Å². The minimum absolute atomic E-state index is 0.261. The fourth-order valence-corrected chi connectivity index (χ4v) is 3.46. The molecule has 0 radical (unpaired) electrons. The molecule has 0 aliphatic heterocycles. The average molecular weight is 369 g/mol. The van der Waals surface area contributed by atoms with E-state index >= 15 is 0 Å². The van der Waals surface area contributed by atoms with Crippen LogP contribution in [0.5, 0.6) is 5.75 Å². The zero-order chi connectivity index (χ0) is 18.6. The van der Waals surface area contributed by atoms with Crippen molar-refractivity contribution >= 4 is 16.7 Å². The number of nitrogens with one attached hydrogen (secondary N) is 1. The number of halogens is 2. The fraction of sp³-hybridized carbons (Fsp3) is 0.333. The molecule has 0 saturated heterocycles. The first-order chi connectivity index (χ1) is 13.2. The molecule has 140 valence electrons. The minimum Gasteiger partial charge on any atom is -0.490 e. The van der Waals surface area contributed by atoms with Crippen LogP contribution in [0.3, 0.4) is 0 Å². The number of hydrogen-bond acceptors (Lipinski definition) is 4. The smallest absolute Gasteiger partial charge is 0.297 e. The number of fused-ring (bicyclic) bond motifs is 1. The topological polar surface area (TPSA) is 47.0 Å². The van der Waals surface area contributed by atoms with Gasteiger partial charge in [-0.2, -0.15) is 0 Å². The number of ether oxygens (including phenoxy) is 1. The standard InChI is InChI=1S/C21H21F2N3O/c22-19(23)21-25-17-11-5-4-10-16(17)20(26-21)24-13-14-7-1-6-12-18(14)27-15-8-2-3-9-15/h1,4-7,10-12,15,19H,2-3,8-9,13H2,(H,24,25,26). The molecule has 1 aliphatic rings. The van der Waals surface area contributed by atoms with Crippen LogP contribution in [0.25, 0.3) is 10.9 Å². The van der Waals surface area contributed by atoms with E-state index in [9.17, 15) is 8.78 Å². The van der Waals surface area contributed by atoms with Gasteiger partial charge in [-0.15, -0.1) is 0 Å². The van der Waals surface area contributed by atoms with Gasteiger partial charge in [-0.1, -0.05) is 30.3 Å². The van der Waals surface area contributed by atoms with Gasteiger partial charge in [0.2, 0.25) is 0 Å². The number of aromatic nitrogens is 2. The Hall–Kier alpha value is -2.76. The molecule has 1 saturated carbocycles. The molecule has 1 heterocycles. The predicted octanol–water partition coefficient (Wildman–Crippen LogP) is 5.50. The SMILES string of the molecule is FC(F)c1nc(NCc2ccccc2OC2CCCC2)c2ccccc2n1. The van der Waals surface area contributed by atoms with Crippen molar-refractivity contribution in [1.29, 1.82) is 0 Å². The second-order valence-corrected chi connectivity index (χ2v) is 6.73. The molecule has 1 fully saturated rings. The molecular weight excluding hydrogens is 348 g/mol. The highest BCUT2D eigenvalue weighted by molar-refractivity contribution is 5.89. The molecule has 1 aromatic heterocycles. The summed E-state index contributed by atoms with van der Waals surface area (Å²) < 4.78 is 32.5. The molecule has 0 atom stereocenters. The first kappa shape index (κ1) is 17.6. The first-order valence-corrected chi connectivity index (χ1v) is 9.24. The van der Waals surface area contributed by atoms with E-state index in [4.69, 9.17) is 4.74 Å². The van der Waals surface area contributed by atoms with Crippen LogP contribution in [-0.2, 0) is 6.54 Å². The van der Waals surface area contributed by atoms with Crippen molar-refractivity contribution in [2.45, 2.75) is 44.8 Å². The molecule has 0 unspecified atom stereocenters. The highest BCUT2D eigenvalue weighted by Crippen LogP contribution is 2.28. The normalized spacial score (nSPS) is 14.8. The van der Waals surface area contributed by atoms with Gasteiger partial charge in [0.05, 0.1) is 11.6 Å². The number of benzene rings is 2. The van der Waals surface area contributed by atoms with Crippen LogP contribution in [0.1, 0.15) is 43.5 Å². The van der Waals surface area contributed by atoms with E-state index in [1.807, 2.05) is 36.4 Å². The Labute approximate surface area is 156 Å². The molecular formula is C21H21F2N3O. The molecule has 27 heavy (non-hydrogen) atoms. The summed E-state index contributed by atoms with van der Waals surface area (Å²) in [5, 5.41) is 3.92. The summed E-state index contributed by atoms with van der Waals surface area (Å²) >= 11 is 0. The zero-order valence-electron chi connectivity index (χ0n) is 14.9. The van der Waals surface area contributed by atoms with Gasteiger partial charge < -0.3 is 10.1 Å². The third kappa shape index (κ3) is 3.99. The third-order valence-corrected chi connectivity index (χ3v) is 4.83. The molecule has 4 nitrogen and oxygen atoms in total. The monoisotopic (exact) mass is 369 g/mol. The van der Waals surface area contributed by atoms with Gasteiger partial charge in [-0.3, -0.25) is 0 Å². The summed E-state index contributed by atoms with van der Waals surface area (Å²) in [4.78, 5) is 7.99. The van der Waals surface area contributed by atoms with E-state index in [-0.39, 0.29) is 6.10 Å². The largest absolute Gasteiger partial charge is 0.490 e. The quantitative estimate of drug-likeness (QED) is 0.623. The maximum atomic E-state index is 13.2. The molecule has 3 aromatic rings. The maximum absolute atomic E-state index is 13.2. The Morgan fingerprint density at radius 2 is 1.74 bits per heavy atom. The fourth-order valence-electron chi connectivity index (χ4n) is 3.46. The lowest BCUT2D eigenvalue weighted by Crippen LogP contribution is -2.13. The van der Waals surface area contributed by atoms with Crippen molar-refractivity contribution in [2.24, 2.45) is 0 Å². The van der Waals surface area contributed by atoms with E-state index in [1.54, 1.807) is 12.1 Å². The number of para-hydroxylation sites is 2. The Kier molecular flexibility index (Phi) is 5.14. The molecule has 6 heteroatoms. The van der Waals surface area contributed by atoms with Crippen LogP contribution in [0.4, 0.5) is 14.6 Å². The lowest BCUT2D eigenvalue weighted by atomic mass is 10.2. The van der Waals surface area contributed by atoms with Crippen LogP contribution in [0, 0.1) is 0 Å². The Morgan fingerprint density at radius 3 is 2.56 bits per heavy atom. The molecule has 0 amide bonds. The Morgan fingerprint density at radius 1 is 1.00 bits per heavy atom. The summed E-state index contributed by atoms with van der Waals surface area (Å²) in [5.41, 5.74) is 1.48. The molecule has 2 aromatic carbocycles. The summed E-state index contributed by atoms with van der Waals surface area (Å²) in [6.45, 7) is 0.437. The molecule has 1 N–H and O–H groups in total. The number of rotatable bonds is 6. The molecule has 4 rings (SSSR count). The second-order valence-electron chi connectivity index (χ2n) is 6.73. The molecule has 1 aliphatic carbocycles. The van der Waals surface area contributed by atoms with Crippen LogP contribution >= 0.6 is 0 Å². The van der Waals surface area contributed by atoms with E-state index in [0.29, 0.717) is 17.9 Å². The second kappa shape index (κ2) is 7.86. The van der Waals surface area contributed by atoms with Gasteiger partial charge in [0.25, 0.3) is 6.43 Å². The summed E-state index contributed by atoms with van der Waals surface area (Å²) in [6.07, 6.45) is 2.11. The zero-order valence-corrected chi connectivity index (χ0v) is 14.9.